The molecule has 21 heavy (non-hydrogen) atoms. The zero-order valence-corrected chi connectivity index (χ0v) is 13.5. The van der Waals surface area contributed by atoms with Crippen molar-refractivity contribution in [2.75, 3.05) is 37.6 Å². The first-order valence-corrected chi connectivity index (χ1v) is 8.51. The second-order valence-electron chi connectivity index (χ2n) is 6.90. The van der Waals surface area contributed by atoms with E-state index in [0.717, 1.165) is 12.5 Å². The number of hydrogen-bond donors (Lipinski definition) is 1. The Morgan fingerprint density at radius 1 is 1.10 bits per heavy atom. The number of hydrogen-bond acceptors (Lipinski definition) is 3. The number of anilines is 1. The van der Waals surface area contributed by atoms with Crippen molar-refractivity contribution < 1.29 is 0 Å². The van der Waals surface area contributed by atoms with Gasteiger partial charge in [-0.1, -0.05) is 32.0 Å². The molecular formula is C18H29N3. The Morgan fingerprint density at radius 3 is 2.48 bits per heavy atom. The van der Waals surface area contributed by atoms with Crippen LogP contribution in [0.25, 0.3) is 0 Å². The summed E-state index contributed by atoms with van der Waals surface area (Å²) >= 11 is 0. The molecule has 3 nitrogen and oxygen atoms in total. The van der Waals surface area contributed by atoms with Crippen LogP contribution in [0, 0.1) is 5.92 Å². The van der Waals surface area contributed by atoms with E-state index in [2.05, 4.69) is 53.2 Å². The lowest BCUT2D eigenvalue weighted by atomic mass is 10.1. The molecule has 1 N–H and O–H groups in total. The van der Waals surface area contributed by atoms with Crippen LogP contribution in [0.4, 0.5) is 5.69 Å². The van der Waals surface area contributed by atoms with Crippen LogP contribution in [-0.4, -0.2) is 43.7 Å². The number of piperazine rings is 1. The molecule has 0 radical (unpaired) electrons. The number of rotatable bonds is 6. The van der Waals surface area contributed by atoms with Crippen LogP contribution in [0.2, 0.25) is 0 Å². The van der Waals surface area contributed by atoms with Gasteiger partial charge in [-0.2, -0.15) is 0 Å². The normalized spacial score (nSPS) is 20.2. The molecule has 1 aliphatic heterocycles. The molecule has 1 aromatic carbocycles. The Morgan fingerprint density at radius 2 is 1.81 bits per heavy atom. The molecule has 1 saturated heterocycles. The second-order valence-corrected chi connectivity index (χ2v) is 6.90. The highest BCUT2D eigenvalue weighted by Crippen LogP contribution is 2.30. The summed E-state index contributed by atoms with van der Waals surface area (Å²) in [7, 11) is 0. The molecule has 0 unspecified atom stereocenters. The van der Waals surface area contributed by atoms with Crippen molar-refractivity contribution in [3.63, 3.8) is 0 Å². The van der Waals surface area contributed by atoms with Crippen LogP contribution in [0.3, 0.4) is 0 Å². The van der Waals surface area contributed by atoms with Gasteiger partial charge in [-0.15, -0.1) is 0 Å². The third kappa shape index (κ3) is 4.21. The molecule has 0 aromatic heterocycles. The summed E-state index contributed by atoms with van der Waals surface area (Å²) < 4.78 is 0. The fourth-order valence-electron chi connectivity index (χ4n) is 3.12. The highest BCUT2D eigenvalue weighted by atomic mass is 15.3. The van der Waals surface area contributed by atoms with Crippen molar-refractivity contribution in [3.8, 4) is 0 Å². The topological polar surface area (TPSA) is 18.5 Å². The summed E-state index contributed by atoms with van der Waals surface area (Å²) in [5, 5.41) is 3.55. The SMILES string of the molecule is CC(C)NCc1ccccc1N1CCN(CC2CC2)CC1. The average Bonchev–Trinajstić information content (AvgIpc) is 3.30. The van der Waals surface area contributed by atoms with Gasteiger partial charge in [-0.05, 0) is 30.4 Å². The minimum Gasteiger partial charge on any atom is -0.369 e. The van der Waals surface area contributed by atoms with Crippen molar-refractivity contribution in [1.82, 2.24) is 10.2 Å². The average molecular weight is 287 g/mol. The summed E-state index contributed by atoms with van der Waals surface area (Å²) in [4.78, 5) is 5.23. The molecule has 116 valence electrons. The first-order valence-electron chi connectivity index (χ1n) is 8.51. The van der Waals surface area contributed by atoms with Gasteiger partial charge in [-0.25, -0.2) is 0 Å². The minimum absolute atomic E-state index is 0.536. The Bertz CT molecular complexity index is 446. The summed E-state index contributed by atoms with van der Waals surface area (Å²) in [6, 6.07) is 9.41. The van der Waals surface area contributed by atoms with Crippen molar-refractivity contribution in [1.29, 1.82) is 0 Å². The molecule has 1 aromatic rings. The molecule has 0 spiro atoms. The Kier molecular flexibility index (Phi) is 4.81. The Labute approximate surface area is 129 Å². The van der Waals surface area contributed by atoms with Crippen molar-refractivity contribution >= 4 is 5.69 Å². The van der Waals surface area contributed by atoms with E-state index in [1.807, 2.05) is 0 Å². The van der Waals surface area contributed by atoms with Gasteiger partial charge < -0.3 is 10.2 Å². The molecule has 0 bridgehead atoms. The number of nitrogens with zero attached hydrogens (tertiary/aromatic N) is 2. The standard InChI is InChI=1S/C18H29N3/c1-15(2)19-13-17-5-3-4-6-18(17)21-11-9-20(10-12-21)14-16-7-8-16/h3-6,15-16,19H,7-14H2,1-2H3. The molecule has 2 aliphatic rings. The van der Waals surface area contributed by atoms with E-state index in [-0.39, 0.29) is 0 Å². The first kappa shape index (κ1) is 14.9. The van der Waals surface area contributed by atoms with Crippen molar-refractivity contribution in [2.24, 2.45) is 5.92 Å². The molecule has 1 saturated carbocycles. The van der Waals surface area contributed by atoms with E-state index in [9.17, 15) is 0 Å². The molecular weight excluding hydrogens is 258 g/mol. The molecule has 0 amide bonds. The Balaban J connectivity index is 1.58. The summed E-state index contributed by atoms with van der Waals surface area (Å²) in [6.07, 6.45) is 2.92. The lowest BCUT2D eigenvalue weighted by molar-refractivity contribution is 0.248. The maximum Gasteiger partial charge on any atom is 0.0412 e. The predicted molar refractivity (Wildman–Crippen MR) is 89.8 cm³/mol. The zero-order chi connectivity index (χ0) is 14.7. The highest BCUT2D eigenvalue weighted by molar-refractivity contribution is 5.54. The fraction of sp³-hybridized carbons (Fsp3) is 0.667. The van der Waals surface area contributed by atoms with Gasteiger partial charge in [0, 0.05) is 51.0 Å². The quantitative estimate of drug-likeness (QED) is 0.868. The number of nitrogens with one attached hydrogen (secondary N) is 1. The van der Waals surface area contributed by atoms with E-state index >= 15 is 0 Å². The first-order chi connectivity index (χ1) is 10.2. The third-order valence-corrected chi connectivity index (χ3v) is 4.62. The Hall–Kier alpha value is -1.06. The van der Waals surface area contributed by atoms with Gasteiger partial charge in [0.15, 0.2) is 0 Å². The van der Waals surface area contributed by atoms with Gasteiger partial charge >= 0.3 is 0 Å². The van der Waals surface area contributed by atoms with Crippen molar-refractivity contribution in [2.45, 2.75) is 39.3 Å². The van der Waals surface area contributed by atoms with Crippen LogP contribution in [0.1, 0.15) is 32.3 Å². The molecule has 1 aliphatic carbocycles. The van der Waals surface area contributed by atoms with Gasteiger partial charge in [-0.3, -0.25) is 4.90 Å². The van der Waals surface area contributed by atoms with E-state index in [4.69, 9.17) is 0 Å². The summed E-state index contributed by atoms with van der Waals surface area (Å²) in [5.41, 5.74) is 2.86. The van der Waals surface area contributed by atoms with Crippen molar-refractivity contribution in [3.05, 3.63) is 29.8 Å². The molecule has 0 atom stereocenters. The van der Waals surface area contributed by atoms with E-state index in [0.29, 0.717) is 6.04 Å². The van der Waals surface area contributed by atoms with Gasteiger partial charge in [0.25, 0.3) is 0 Å². The lowest BCUT2D eigenvalue weighted by Crippen LogP contribution is -2.47. The highest BCUT2D eigenvalue weighted by Gasteiger charge is 2.26. The summed E-state index contributed by atoms with van der Waals surface area (Å²) in [6.45, 7) is 11.5. The molecule has 3 rings (SSSR count). The summed E-state index contributed by atoms with van der Waals surface area (Å²) in [5.74, 6) is 1.01. The van der Waals surface area contributed by atoms with Crippen LogP contribution in [0.15, 0.2) is 24.3 Å². The maximum atomic E-state index is 3.55. The molecule has 3 heteroatoms. The minimum atomic E-state index is 0.536. The van der Waals surface area contributed by atoms with Crippen LogP contribution in [0.5, 0.6) is 0 Å². The maximum absolute atomic E-state index is 3.55. The largest absolute Gasteiger partial charge is 0.369 e. The lowest BCUT2D eigenvalue weighted by Gasteiger charge is -2.37. The third-order valence-electron chi connectivity index (χ3n) is 4.62. The fourth-order valence-corrected chi connectivity index (χ4v) is 3.12. The monoisotopic (exact) mass is 287 g/mol. The van der Waals surface area contributed by atoms with Crippen LogP contribution < -0.4 is 10.2 Å². The van der Waals surface area contributed by atoms with Crippen LogP contribution >= 0.6 is 0 Å². The van der Waals surface area contributed by atoms with E-state index in [1.165, 1.54) is 56.8 Å². The van der Waals surface area contributed by atoms with E-state index in [1.54, 1.807) is 0 Å². The van der Waals surface area contributed by atoms with Gasteiger partial charge in [0.1, 0.15) is 0 Å². The number of para-hydroxylation sites is 1. The number of benzene rings is 1. The molecule has 1 heterocycles. The predicted octanol–water partition coefficient (Wildman–Crippen LogP) is 2.72. The van der Waals surface area contributed by atoms with Gasteiger partial charge in [0.2, 0.25) is 0 Å². The second kappa shape index (κ2) is 6.80. The smallest absolute Gasteiger partial charge is 0.0412 e. The van der Waals surface area contributed by atoms with Gasteiger partial charge in [0.05, 0.1) is 0 Å². The van der Waals surface area contributed by atoms with E-state index < -0.39 is 0 Å². The molecule has 2 fully saturated rings. The van der Waals surface area contributed by atoms with Crippen LogP contribution in [-0.2, 0) is 6.54 Å². The zero-order valence-electron chi connectivity index (χ0n) is 13.5.